The fraction of sp³-hybridized carbons (Fsp3) is 0.318. The molecule has 0 spiro atoms. The Bertz CT molecular complexity index is 1050. The Morgan fingerprint density at radius 3 is 2.52 bits per heavy atom. The van der Waals surface area contributed by atoms with Gasteiger partial charge in [-0.2, -0.15) is 0 Å². The summed E-state index contributed by atoms with van der Waals surface area (Å²) in [7, 11) is 1.61. The van der Waals surface area contributed by atoms with Gasteiger partial charge in [0, 0.05) is 29.1 Å². The van der Waals surface area contributed by atoms with Crippen LogP contribution in [0, 0.1) is 13.8 Å². The first kappa shape index (κ1) is 19.3. The van der Waals surface area contributed by atoms with Crippen LogP contribution in [-0.4, -0.2) is 7.11 Å². The van der Waals surface area contributed by atoms with Gasteiger partial charge in [0.15, 0.2) is 0 Å². The van der Waals surface area contributed by atoms with Crippen LogP contribution in [0.1, 0.15) is 42.0 Å². The summed E-state index contributed by atoms with van der Waals surface area (Å²) in [6.07, 6.45) is 0. The summed E-state index contributed by atoms with van der Waals surface area (Å²) in [5.74, 6) is 1.05. The average molecular weight is 386 g/mol. The monoisotopic (exact) mass is 385 g/mol. The molecule has 4 nitrogen and oxygen atoms in total. The Balaban J connectivity index is 2.03. The number of methoxy groups -OCH3 is 1. The second-order valence-electron chi connectivity index (χ2n) is 7.11. The van der Waals surface area contributed by atoms with E-state index in [9.17, 15) is 4.79 Å². The van der Waals surface area contributed by atoms with E-state index in [1.807, 2.05) is 26.0 Å². The van der Waals surface area contributed by atoms with Crippen LogP contribution in [0.15, 0.2) is 39.5 Å². The van der Waals surface area contributed by atoms with Gasteiger partial charge in [0.1, 0.15) is 11.3 Å². The maximum atomic E-state index is 12.0. The molecular formula is C22H24ClNO3. The third-order valence-corrected chi connectivity index (χ3v) is 5.20. The first-order valence-electron chi connectivity index (χ1n) is 8.95. The maximum absolute atomic E-state index is 12.0. The van der Waals surface area contributed by atoms with Gasteiger partial charge in [-0.15, -0.1) is 0 Å². The Labute approximate surface area is 164 Å². The minimum absolute atomic E-state index is 0.352. The minimum atomic E-state index is -0.352. The second-order valence-corrected chi connectivity index (χ2v) is 7.51. The van der Waals surface area contributed by atoms with Gasteiger partial charge in [0.25, 0.3) is 0 Å². The van der Waals surface area contributed by atoms with Gasteiger partial charge in [-0.05, 0) is 60.2 Å². The molecule has 3 aromatic rings. The van der Waals surface area contributed by atoms with Crippen LogP contribution in [0.2, 0.25) is 5.02 Å². The molecule has 1 heterocycles. The highest BCUT2D eigenvalue weighted by atomic mass is 35.5. The van der Waals surface area contributed by atoms with Crippen molar-refractivity contribution >= 4 is 28.3 Å². The molecule has 0 fully saturated rings. The number of rotatable bonds is 5. The van der Waals surface area contributed by atoms with Gasteiger partial charge >= 0.3 is 5.63 Å². The molecular weight excluding hydrogens is 362 g/mol. The Morgan fingerprint density at radius 1 is 1.11 bits per heavy atom. The van der Waals surface area contributed by atoms with Crippen molar-refractivity contribution in [3.8, 4) is 5.75 Å². The molecule has 0 aliphatic rings. The molecule has 0 saturated heterocycles. The third kappa shape index (κ3) is 3.96. The molecule has 27 heavy (non-hydrogen) atoms. The van der Waals surface area contributed by atoms with E-state index in [-0.39, 0.29) is 5.63 Å². The van der Waals surface area contributed by atoms with Gasteiger partial charge < -0.3 is 14.5 Å². The molecule has 0 amide bonds. The Hall–Kier alpha value is -2.46. The lowest BCUT2D eigenvalue weighted by molar-refractivity contribution is 0.416. The number of anilines is 1. The van der Waals surface area contributed by atoms with E-state index in [0.717, 1.165) is 27.8 Å². The Morgan fingerprint density at radius 2 is 1.85 bits per heavy atom. The van der Waals surface area contributed by atoms with Crippen molar-refractivity contribution in [2.75, 3.05) is 12.4 Å². The highest BCUT2D eigenvalue weighted by molar-refractivity contribution is 6.31. The number of nitrogens with one attached hydrogen (secondary N) is 1. The first-order chi connectivity index (χ1) is 12.8. The van der Waals surface area contributed by atoms with Crippen LogP contribution >= 0.6 is 11.6 Å². The van der Waals surface area contributed by atoms with Crippen molar-refractivity contribution in [1.29, 1.82) is 0 Å². The Kier molecular flexibility index (Phi) is 5.47. The highest BCUT2D eigenvalue weighted by Gasteiger charge is 2.13. The number of halogens is 1. The molecule has 1 aromatic heterocycles. The lowest BCUT2D eigenvalue weighted by Crippen LogP contribution is -2.07. The molecule has 5 heteroatoms. The SMILES string of the molecule is COc1cc(Cl)c(C)cc1NCc1cc(=O)oc2cc(C)c(C(C)C)cc12. The zero-order valence-corrected chi connectivity index (χ0v) is 17.0. The molecule has 0 aliphatic carbocycles. The number of hydrogen-bond acceptors (Lipinski definition) is 4. The lowest BCUT2D eigenvalue weighted by atomic mass is 9.95. The van der Waals surface area contributed by atoms with E-state index < -0.39 is 0 Å². The number of ether oxygens (including phenoxy) is 1. The van der Waals surface area contributed by atoms with Crippen molar-refractivity contribution in [1.82, 2.24) is 0 Å². The van der Waals surface area contributed by atoms with E-state index in [1.54, 1.807) is 19.2 Å². The topological polar surface area (TPSA) is 51.5 Å². The second kappa shape index (κ2) is 7.65. The smallest absolute Gasteiger partial charge is 0.336 e. The van der Waals surface area contributed by atoms with Gasteiger partial charge in [-0.3, -0.25) is 0 Å². The maximum Gasteiger partial charge on any atom is 0.336 e. The molecule has 1 N–H and O–H groups in total. The molecule has 0 atom stereocenters. The van der Waals surface area contributed by atoms with Crippen molar-refractivity contribution in [3.63, 3.8) is 0 Å². The molecule has 0 radical (unpaired) electrons. The fourth-order valence-corrected chi connectivity index (χ4v) is 3.47. The summed E-state index contributed by atoms with van der Waals surface area (Å²) in [5.41, 5.74) is 5.30. The minimum Gasteiger partial charge on any atom is -0.495 e. The van der Waals surface area contributed by atoms with E-state index in [4.69, 9.17) is 20.8 Å². The van der Waals surface area contributed by atoms with E-state index in [1.165, 1.54) is 5.56 Å². The summed E-state index contributed by atoms with van der Waals surface area (Å²) in [4.78, 5) is 12.0. The van der Waals surface area contributed by atoms with Crippen LogP contribution < -0.4 is 15.7 Å². The van der Waals surface area contributed by atoms with E-state index >= 15 is 0 Å². The van der Waals surface area contributed by atoms with Gasteiger partial charge in [-0.25, -0.2) is 4.79 Å². The predicted octanol–water partition coefficient (Wildman–Crippen LogP) is 5.81. The van der Waals surface area contributed by atoms with Crippen LogP contribution in [0.3, 0.4) is 0 Å². The molecule has 2 aromatic carbocycles. The number of fused-ring (bicyclic) bond motifs is 1. The van der Waals surface area contributed by atoms with Crippen molar-refractivity contribution < 1.29 is 9.15 Å². The zero-order chi connectivity index (χ0) is 19.7. The van der Waals surface area contributed by atoms with Gasteiger partial charge in [-0.1, -0.05) is 25.4 Å². The molecule has 0 bridgehead atoms. The van der Waals surface area contributed by atoms with Crippen LogP contribution in [0.4, 0.5) is 5.69 Å². The largest absolute Gasteiger partial charge is 0.495 e. The molecule has 142 valence electrons. The average Bonchev–Trinajstić information content (AvgIpc) is 2.61. The van der Waals surface area contributed by atoms with Crippen LogP contribution in [-0.2, 0) is 6.54 Å². The lowest BCUT2D eigenvalue weighted by Gasteiger charge is -2.15. The summed E-state index contributed by atoms with van der Waals surface area (Å²) in [6, 6.07) is 9.35. The normalized spacial score (nSPS) is 11.2. The summed E-state index contributed by atoms with van der Waals surface area (Å²) in [5, 5.41) is 4.97. The van der Waals surface area contributed by atoms with Crippen molar-refractivity contribution in [3.05, 3.63) is 68.0 Å². The van der Waals surface area contributed by atoms with Crippen molar-refractivity contribution in [2.45, 2.75) is 40.2 Å². The molecule has 0 aliphatic heterocycles. The predicted molar refractivity (Wildman–Crippen MR) is 111 cm³/mol. The summed E-state index contributed by atoms with van der Waals surface area (Å²) >= 11 is 6.18. The standard InChI is InChI=1S/C22H24ClNO3/c1-12(2)16-9-17-15(8-22(25)27-20(17)7-13(16)3)11-24-19-6-14(4)18(23)10-21(19)26-5/h6-10,12,24H,11H2,1-5H3. The van der Waals surface area contributed by atoms with E-state index in [2.05, 4.69) is 25.2 Å². The summed E-state index contributed by atoms with van der Waals surface area (Å²) < 4.78 is 10.8. The third-order valence-electron chi connectivity index (χ3n) is 4.79. The molecule has 0 saturated carbocycles. The van der Waals surface area contributed by atoms with Gasteiger partial charge in [0.05, 0.1) is 12.8 Å². The fourth-order valence-electron chi connectivity index (χ4n) is 3.32. The number of benzene rings is 2. The van der Waals surface area contributed by atoms with Crippen LogP contribution in [0.5, 0.6) is 5.75 Å². The summed E-state index contributed by atoms with van der Waals surface area (Å²) in [6.45, 7) is 8.78. The number of hydrogen-bond donors (Lipinski definition) is 1. The molecule has 3 rings (SSSR count). The van der Waals surface area contributed by atoms with Crippen LogP contribution in [0.25, 0.3) is 11.0 Å². The van der Waals surface area contributed by atoms with Crippen molar-refractivity contribution in [2.24, 2.45) is 0 Å². The first-order valence-corrected chi connectivity index (χ1v) is 9.33. The number of aryl methyl sites for hydroxylation is 2. The molecule has 0 unspecified atom stereocenters. The quantitative estimate of drug-likeness (QED) is 0.563. The van der Waals surface area contributed by atoms with E-state index in [0.29, 0.717) is 28.8 Å². The van der Waals surface area contributed by atoms with Gasteiger partial charge in [0.2, 0.25) is 0 Å². The highest BCUT2D eigenvalue weighted by Crippen LogP contribution is 2.32. The zero-order valence-electron chi connectivity index (χ0n) is 16.3.